The van der Waals surface area contributed by atoms with Gasteiger partial charge in [0.15, 0.2) is 0 Å². The zero-order chi connectivity index (χ0) is 20.0. The van der Waals surface area contributed by atoms with Crippen LogP contribution in [0.25, 0.3) is 6.08 Å². The van der Waals surface area contributed by atoms with Crippen LogP contribution in [0.3, 0.4) is 0 Å². The van der Waals surface area contributed by atoms with Crippen LogP contribution in [-0.4, -0.2) is 35.0 Å². The molecule has 0 saturated carbocycles. The second kappa shape index (κ2) is 9.74. The van der Waals surface area contributed by atoms with Crippen molar-refractivity contribution in [2.24, 2.45) is 0 Å². The fraction of sp³-hybridized carbons (Fsp3) is 0.667. The average molecular weight is 410 g/mol. The topological polar surface area (TPSA) is 68.8 Å². The Morgan fingerprint density at radius 1 is 1.21 bits per heavy atom. The maximum absolute atomic E-state index is 15.1. The van der Waals surface area contributed by atoms with Gasteiger partial charge in [0.2, 0.25) is 0 Å². The van der Waals surface area contributed by atoms with E-state index in [0.717, 1.165) is 37.1 Å². The van der Waals surface area contributed by atoms with E-state index in [2.05, 4.69) is 4.98 Å². The van der Waals surface area contributed by atoms with E-state index in [-0.39, 0.29) is 36.7 Å². The van der Waals surface area contributed by atoms with Gasteiger partial charge in [-0.1, -0.05) is 19.3 Å². The van der Waals surface area contributed by atoms with Crippen LogP contribution in [0.1, 0.15) is 74.9 Å². The number of ether oxygens (including phenoxy) is 2. The Kier molecular flexibility index (Phi) is 7.35. The highest BCUT2D eigenvalue weighted by atomic mass is 32.1. The summed E-state index contributed by atoms with van der Waals surface area (Å²) in [7, 11) is 0. The summed E-state index contributed by atoms with van der Waals surface area (Å²) in [5.74, 6) is -0.466. The third kappa shape index (κ3) is 5.70. The van der Waals surface area contributed by atoms with E-state index in [1.165, 1.54) is 17.4 Å². The Labute approximate surface area is 169 Å². The molecule has 7 heteroatoms. The zero-order valence-corrected chi connectivity index (χ0v) is 17.2. The van der Waals surface area contributed by atoms with Gasteiger partial charge in [0, 0.05) is 31.1 Å². The summed E-state index contributed by atoms with van der Waals surface area (Å²) in [5.41, 5.74) is -0.400. The minimum Gasteiger partial charge on any atom is -0.466 e. The van der Waals surface area contributed by atoms with Gasteiger partial charge < -0.3 is 9.47 Å². The molecule has 3 rings (SSSR count). The van der Waals surface area contributed by atoms with Crippen molar-refractivity contribution < 1.29 is 23.5 Å². The molecule has 2 aliphatic rings. The molecular weight excluding hydrogens is 381 g/mol. The van der Waals surface area contributed by atoms with E-state index in [1.807, 2.05) is 12.3 Å². The zero-order valence-electron chi connectivity index (χ0n) is 16.4. The predicted molar refractivity (Wildman–Crippen MR) is 106 cm³/mol. The highest BCUT2D eigenvalue weighted by molar-refractivity contribution is 7.09. The van der Waals surface area contributed by atoms with E-state index in [0.29, 0.717) is 31.4 Å². The molecule has 2 aliphatic heterocycles. The van der Waals surface area contributed by atoms with Crippen molar-refractivity contribution in [1.29, 1.82) is 0 Å². The normalized spacial score (nSPS) is 28.5. The monoisotopic (exact) mass is 409 g/mol. The molecule has 1 aromatic rings. The van der Waals surface area contributed by atoms with Crippen molar-refractivity contribution in [1.82, 2.24) is 4.98 Å². The third-order valence-corrected chi connectivity index (χ3v) is 6.17. The number of aromatic nitrogens is 1. The Bertz CT molecular complexity index is 732. The Morgan fingerprint density at radius 3 is 2.79 bits per heavy atom. The number of aryl methyl sites for hydroxylation is 1. The summed E-state index contributed by atoms with van der Waals surface area (Å²) >= 11 is 1.48. The Balaban J connectivity index is 1.64. The number of fused-ring (bicyclic) bond motifs is 1. The first kappa shape index (κ1) is 21.1. The smallest absolute Gasteiger partial charge is 0.305 e. The highest BCUT2D eigenvalue weighted by Gasteiger charge is 2.59. The number of hydrogen-bond acceptors (Lipinski definition) is 6. The first-order valence-corrected chi connectivity index (χ1v) is 11.0. The van der Waals surface area contributed by atoms with Crippen LogP contribution in [0.4, 0.5) is 4.39 Å². The van der Waals surface area contributed by atoms with E-state index >= 15 is 4.39 Å². The predicted octanol–water partition coefficient (Wildman–Crippen LogP) is 4.93. The summed E-state index contributed by atoms with van der Waals surface area (Å²) < 4.78 is 26.1. The molecule has 154 valence electrons. The number of ketones is 1. The van der Waals surface area contributed by atoms with Crippen LogP contribution in [0.2, 0.25) is 0 Å². The maximum atomic E-state index is 15.1. The van der Waals surface area contributed by atoms with Crippen LogP contribution < -0.4 is 0 Å². The van der Waals surface area contributed by atoms with E-state index in [1.54, 1.807) is 0 Å². The number of halogens is 1. The van der Waals surface area contributed by atoms with Crippen LogP contribution in [0.15, 0.2) is 11.2 Å². The molecule has 0 N–H and O–H groups in total. The van der Waals surface area contributed by atoms with Gasteiger partial charge in [-0.25, -0.2) is 9.37 Å². The lowest BCUT2D eigenvalue weighted by molar-refractivity contribution is -0.144. The number of cyclic esters (lactones) is 1. The number of nitrogens with zero attached hydrogens (tertiary/aromatic N) is 1. The lowest BCUT2D eigenvalue weighted by Gasteiger charge is -2.12. The van der Waals surface area contributed by atoms with Gasteiger partial charge in [0.25, 0.3) is 0 Å². The molecule has 2 unspecified atom stereocenters. The van der Waals surface area contributed by atoms with Gasteiger partial charge in [-0.3, -0.25) is 9.59 Å². The standard InChI is InChI=1S/C21H28FNO4S/c1-15-23-16(14-28-15)13-18(22)21-11-12-26-20(25)10-6-8-17(24)7-4-2-3-5-9-19(21)27-21/h13-14,19H,2-12H2,1H3. The van der Waals surface area contributed by atoms with Gasteiger partial charge in [-0.05, 0) is 32.3 Å². The molecule has 0 radical (unpaired) electrons. The molecule has 1 aromatic heterocycles. The van der Waals surface area contributed by atoms with Gasteiger partial charge in [-0.15, -0.1) is 11.3 Å². The number of hydrogen-bond donors (Lipinski definition) is 0. The summed E-state index contributed by atoms with van der Waals surface area (Å²) in [5, 5.41) is 2.70. The van der Waals surface area contributed by atoms with E-state index in [4.69, 9.17) is 9.47 Å². The number of rotatable bonds is 2. The first-order chi connectivity index (χ1) is 13.5. The number of epoxide rings is 1. The van der Waals surface area contributed by atoms with Gasteiger partial charge >= 0.3 is 5.97 Å². The molecule has 28 heavy (non-hydrogen) atoms. The number of Topliss-reactive ketones (excluding diaryl/α,β-unsaturated/α-hetero) is 1. The van der Waals surface area contributed by atoms with Crippen LogP contribution in [0, 0.1) is 6.92 Å². The highest BCUT2D eigenvalue weighted by Crippen LogP contribution is 2.49. The Hall–Kier alpha value is -1.60. The lowest BCUT2D eigenvalue weighted by Crippen LogP contribution is -2.21. The van der Waals surface area contributed by atoms with Gasteiger partial charge in [0.1, 0.15) is 17.2 Å². The molecule has 5 nitrogen and oxygen atoms in total. The van der Waals surface area contributed by atoms with Crippen molar-refractivity contribution in [2.45, 2.75) is 82.8 Å². The largest absolute Gasteiger partial charge is 0.466 e. The van der Waals surface area contributed by atoms with Crippen LogP contribution in [0.5, 0.6) is 0 Å². The fourth-order valence-electron chi connectivity index (χ4n) is 3.71. The fourth-order valence-corrected chi connectivity index (χ4v) is 4.28. The summed E-state index contributed by atoms with van der Waals surface area (Å²) in [4.78, 5) is 28.0. The lowest BCUT2D eigenvalue weighted by atomic mass is 9.95. The molecule has 0 amide bonds. The minimum atomic E-state index is -0.995. The van der Waals surface area contributed by atoms with Crippen LogP contribution >= 0.6 is 11.3 Å². The van der Waals surface area contributed by atoms with Crippen molar-refractivity contribution in [3.8, 4) is 0 Å². The number of thiazole rings is 1. The summed E-state index contributed by atoms with van der Waals surface area (Å²) in [6.45, 7) is 1.99. The number of carbonyl (C=O) groups is 2. The number of esters is 1. The molecular formula is C21H28FNO4S. The minimum absolute atomic E-state index is 0.112. The van der Waals surface area contributed by atoms with Crippen molar-refractivity contribution in [3.63, 3.8) is 0 Å². The van der Waals surface area contributed by atoms with Crippen molar-refractivity contribution in [2.75, 3.05) is 6.61 Å². The second-order valence-electron chi connectivity index (χ2n) is 7.60. The molecule has 2 saturated heterocycles. The molecule has 0 bridgehead atoms. The van der Waals surface area contributed by atoms with Crippen molar-refractivity contribution in [3.05, 3.63) is 21.9 Å². The molecule has 2 fully saturated rings. The maximum Gasteiger partial charge on any atom is 0.305 e. The van der Waals surface area contributed by atoms with Crippen molar-refractivity contribution >= 4 is 29.2 Å². The first-order valence-electron chi connectivity index (χ1n) is 10.1. The molecule has 3 heterocycles. The summed E-state index contributed by atoms with van der Waals surface area (Å²) in [6.07, 6.45) is 7.84. The van der Waals surface area contributed by atoms with Crippen LogP contribution in [-0.2, 0) is 19.1 Å². The SMILES string of the molecule is Cc1nc(C=C(F)C23CCOC(=O)CCCC(=O)CCCCCCC2O3)cs1. The van der Waals surface area contributed by atoms with E-state index in [9.17, 15) is 9.59 Å². The molecule has 0 spiro atoms. The third-order valence-electron chi connectivity index (χ3n) is 5.38. The average Bonchev–Trinajstić information content (AvgIpc) is 3.21. The van der Waals surface area contributed by atoms with Gasteiger partial charge in [-0.2, -0.15) is 0 Å². The molecule has 0 aromatic carbocycles. The molecule has 0 aliphatic carbocycles. The number of carbonyl (C=O) groups excluding carboxylic acids is 2. The van der Waals surface area contributed by atoms with Gasteiger partial charge in [0.05, 0.1) is 23.4 Å². The molecule has 2 atom stereocenters. The van der Waals surface area contributed by atoms with E-state index < -0.39 is 5.60 Å². The Morgan fingerprint density at radius 2 is 2.00 bits per heavy atom. The quantitative estimate of drug-likeness (QED) is 0.512. The second-order valence-corrected chi connectivity index (χ2v) is 8.66. The summed E-state index contributed by atoms with van der Waals surface area (Å²) in [6, 6.07) is 0.